The van der Waals surface area contributed by atoms with Gasteiger partial charge in [0.15, 0.2) is 11.5 Å². The normalized spacial score (nSPS) is 10.9. The Kier molecular flexibility index (Phi) is 2.34. The Balaban J connectivity index is 2.21. The second-order valence-corrected chi connectivity index (χ2v) is 4.11. The van der Waals surface area contributed by atoms with E-state index in [-0.39, 0.29) is 16.8 Å². The zero-order valence-corrected chi connectivity index (χ0v) is 9.83. The average molecular weight is 262 g/mol. The number of nitrogens with zero attached hydrogens (tertiary/aromatic N) is 3. The van der Waals surface area contributed by atoms with Crippen molar-refractivity contribution in [1.29, 1.82) is 0 Å². The number of rotatable bonds is 1. The Morgan fingerprint density at radius 3 is 2.72 bits per heavy atom. The van der Waals surface area contributed by atoms with Gasteiger partial charge in [-0.25, -0.2) is 9.97 Å². The first kappa shape index (κ1) is 10.9. The van der Waals surface area contributed by atoms with Crippen molar-refractivity contribution in [3.05, 3.63) is 41.9 Å². The standard InChI is InChI=1S/C12H8ClN3O2/c13-12-15-8(6-11-14-3-4-16(11)12)7-1-2-9(17)10(18)5-7/h1-6,17-18H. The summed E-state index contributed by atoms with van der Waals surface area (Å²) in [4.78, 5) is 8.34. The van der Waals surface area contributed by atoms with E-state index < -0.39 is 0 Å². The van der Waals surface area contributed by atoms with Crippen LogP contribution in [0.5, 0.6) is 11.5 Å². The number of aromatic hydroxyl groups is 2. The minimum atomic E-state index is -0.200. The SMILES string of the molecule is Oc1ccc(-c2cc3nccn3c(Cl)n2)cc1O. The lowest BCUT2D eigenvalue weighted by Crippen LogP contribution is -1.92. The van der Waals surface area contributed by atoms with Gasteiger partial charge < -0.3 is 10.2 Å². The van der Waals surface area contributed by atoms with Gasteiger partial charge in [0.25, 0.3) is 0 Å². The molecule has 90 valence electrons. The summed E-state index contributed by atoms with van der Waals surface area (Å²) in [5.74, 6) is -0.375. The lowest BCUT2D eigenvalue weighted by atomic mass is 10.1. The summed E-state index contributed by atoms with van der Waals surface area (Å²) in [6, 6.07) is 6.22. The molecular weight excluding hydrogens is 254 g/mol. The molecule has 0 radical (unpaired) electrons. The summed E-state index contributed by atoms with van der Waals surface area (Å²) >= 11 is 6.02. The number of halogens is 1. The van der Waals surface area contributed by atoms with E-state index in [1.807, 2.05) is 0 Å². The molecule has 0 saturated heterocycles. The number of hydrogen-bond donors (Lipinski definition) is 2. The van der Waals surface area contributed by atoms with Crippen LogP contribution in [0.2, 0.25) is 5.28 Å². The molecule has 0 spiro atoms. The molecule has 2 N–H and O–H groups in total. The minimum Gasteiger partial charge on any atom is -0.504 e. The fourth-order valence-electron chi connectivity index (χ4n) is 1.72. The summed E-state index contributed by atoms with van der Waals surface area (Å²) in [5.41, 5.74) is 1.89. The predicted octanol–water partition coefficient (Wildman–Crippen LogP) is 2.46. The third-order valence-electron chi connectivity index (χ3n) is 2.62. The van der Waals surface area contributed by atoms with Gasteiger partial charge in [-0.15, -0.1) is 0 Å². The lowest BCUT2D eigenvalue weighted by molar-refractivity contribution is 0.404. The van der Waals surface area contributed by atoms with Crippen LogP contribution < -0.4 is 0 Å². The van der Waals surface area contributed by atoms with Crippen LogP contribution in [0.15, 0.2) is 36.7 Å². The number of hydrogen-bond acceptors (Lipinski definition) is 4. The van der Waals surface area contributed by atoms with Crippen molar-refractivity contribution in [2.45, 2.75) is 0 Å². The second kappa shape index (κ2) is 3.89. The van der Waals surface area contributed by atoms with Gasteiger partial charge in [-0.3, -0.25) is 4.40 Å². The maximum atomic E-state index is 9.47. The highest BCUT2D eigenvalue weighted by atomic mass is 35.5. The molecular formula is C12H8ClN3O2. The number of fused-ring (bicyclic) bond motifs is 1. The van der Waals surface area contributed by atoms with Crippen molar-refractivity contribution in [3.63, 3.8) is 0 Å². The molecule has 0 bridgehead atoms. The van der Waals surface area contributed by atoms with Gasteiger partial charge in [0, 0.05) is 24.0 Å². The van der Waals surface area contributed by atoms with Gasteiger partial charge >= 0.3 is 0 Å². The monoisotopic (exact) mass is 261 g/mol. The average Bonchev–Trinajstić information content (AvgIpc) is 2.81. The maximum absolute atomic E-state index is 9.47. The number of phenolic OH excluding ortho intramolecular Hbond substituents is 2. The molecule has 0 amide bonds. The molecule has 3 rings (SSSR count). The first-order valence-corrected chi connectivity index (χ1v) is 5.55. The largest absolute Gasteiger partial charge is 0.504 e. The zero-order valence-electron chi connectivity index (χ0n) is 9.08. The van der Waals surface area contributed by atoms with Crippen molar-refractivity contribution in [2.24, 2.45) is 0 Å². The van der Waals surface area contributed by atoms with Gasteiger partial charge in [0.2, 0.25) is 5.28 Å². The van der Waals surface area contributed by atoms with Crippen LogP contribution in [0, 0.1) is 0 Å². The van der Waals surface area contributed by atoms with Crippen LogP contribution in [-0.2, 0) is 0 Å². The molecule has 0 fully saturated rings. The molecule has 6 heteroatoms. The maximum Gasteiger partial charge on any atom is 0.209 e. The van der Waals surface area contributed by atoms with Crippen LogP contribution in [0.4, 0.5) is 0 Å². The Morgan fingerprint density at radius 1 is 1.11 bits per heavy atom. The highest BCUT2D eigenvalue weighted by molar-refractivity contribution is 6.28. The van der Waals surface area contributed by atoms with Crippen molar-refractivity contribution in [2.75, 3.05) is 0 Å². The van der Waals surface area contributed by atoms with Crippen molar-refractivity contribution >= 4 is 17.2 Å². The number of imidazole rings is 1. The van der Waals surface area contributed by atoms with Crippen LogP contribution in [0.25, 0.3) is 16.9 Å². The van der Waals surface area contributed by atoms with Gasteiger partial charge in [0.1, 0.15) is 5.65 Å². The van der Waals surface area contributed by atoms with Gasteiger partial charge in [-0.1, -0.05) is 0 Å². The fourth-order valence-corrected chi connectivity index (χ4v) is 1.95. The van der Waals surface area contributed by atoms with Crippen molar-refractivity contribution in [3.8, 4) is 22.8 Å². The highest BCUT2D eigenvalue weighted by Crippen LogP contribution is 2.30. The van der Waals surface area contributed by atoms with Gasteiger partial charge in [0.05, 0.1) is 5.69 Å². The smallest absolute Gasteiger partial charge is 0.209 e. The van der Waals surface area contributed by atoms with E-state index in [0.29, 0.717) is 16.9 Å². The van der Waals surface area contributed by atoms with E-state index in [1.54, 1.807) is 28.9 Å². The Bertz CT molecular complexity index is 739. The quantitative estimate of drug-likeness (QED) is 0.521. The summed E-state index contributed by atoms with van der Waals surface area (Å²) in [6.07, 6.45) is 3.34. The third-order valence-corrected chi connectivity index (χ3v) is 2.88. The van der Waals surface area contributed by atoms with Crippen molar-refractivity contribution in [1.82, 2.24) is 14.4 Å². The van der Waals surface area contributed by atoms with E-state index in [1.165, 1.54) is 12.1 Å². The molecule has 2 heterocycles. The Labute approximate surface area is 107 Å². The minimum absolute atomic E-state index is 0.174. The van der Waals surface area contributed by atoms with E-state index >= 15 is 0 Å². The van der Waals surface area contributed by atoms with Gasteiger partial charge in [-0.2, -0.15) is 0 Å². The summed E-state index contributed by atoms with van der Waals surface area (Å²) in [6.45, 7) is 0. The van der Waals surface area contributed by atoms with E-state index in [0.717, 1.165) is 0 Å². The second-order valence-electron chi connectivity index (χ2n) is 3.77. The summed E-state index contributed by atoms with van der Waals surface area (Å²) in [7, 11) is 0. The molecule has 0 aliphatic carbocycles. The van der Waals surface area contributed by atoms with Crippen LogP contribution in [-0.4, -0.2) is 24.6 Å². The Hall–Kier alpha value is -2.27. The molecule has 5 nitrogen and oxygen atoms in total. The van der Waals surface area contributed by atoms with Crippen LogP contribution >= 0.6 is 11.6 Å². The zero-order chi connectivity index (χ0) is 12.7. The fraction of sp³-hybridized carbons (Fsp3) is 0. The first-order valence-electron chi connectivity index (χ1n) is 5.17. The molecule has 1 aromatic carbocycles. The molecule has 0 atom stereocenters. The van der Waals surface area contributed by atoms with Gasteiger partial charge in [-0.05, 0) is 29.8 Å². The van der Waals surface area contributed by atoms with Crippen LogP contribution in [0.3, 0.4) is 0 Å². The molecule has 0 unspecified atom stereocenters. The van der Waals surface area contributed by atoms with Crippen LogP contribution in [0.1, 0.15) is 0 Å². The number of aromatic nitrogens is 3. The predicted molar refractivity (Wildman–Crippen MR) is 66.8 cm³/mol. The van der Waals surface area contributed by atoms with E-state index in [4.69, 9.17) is 11.6 Å². The summed E-state index contributed by atoms with van der Waals surface area (Å²) in [5, 5.41) is 19.0. The van der Waals surface area contributed by atoms with Crippen molar-refractivity contribution < 1.29 is 10.2 Å². The molecule has 2 aromatic heterocycles. The molecule has 0 aliphatic heterocycles. The topological polar surface area (TPSA) is 70.7 Å². The molecule has 0 aliphatic rings. The number of benzene rings is 1. The summed E-state index contributed by atoms with van der Waals surface area (Å²) < 4.78 is 1.64. The first-order chi connectivity index (χ1) is 8.65. The lowest BCUT2D eigenvalue weighted by Gasteiger charge is -2.05. The highest BCUT2D eigenvalue weighted by Gasteiger charge is 2.08. The van der Waals surface area contributed by atoms with E-state index in [2.05, 4.69) is 9.97 Å². The third kappa shape index (κ3) is 1.65. The van der Waals surface area contributed by atoms with E-state index in [9.17, 15) is 10.2 Å². The Morgan fingerprint density at radius 2 is 1.94 bits per heavy atom. The molecule has 0 saturated carbocycles. The number of phenols is 2. The molecule has 18 heavy (non-hydrogen) atoms. The molecule has 3 aromatic rings.